The van der Waals surface area contributed by atoms with Gasteiger partial charge in [0.05, 0.1) is 18.6 Å². The lowest BCUT2D eigenvalue weighted by molar-refractivity contribution is -0.116. The van der Waals surface area contributed by atoms with Gasteiger partial charge in [-0.1, -0.05) is 30.0 Å². The van der Waals surface area contributed by atoms with E-state index in [0.717, 1.165) is 35.3 Å². The molecule has 0 unspecified atom stereocenters. The van der Waals surface area contributed by atoms with Crippen LogP contribution in [0.2, 0.25) is 0 Å². The van der Waals surface area contributed by atoms with Gasteiger partial charge in [0, 0.05) is 17.6 Å². The molecule has 0 saturated heterocycles. The van der Waals surface area contributed by atoms with Crippen LogP contribution in [0.3, 0.4) is 0 Å². The molecule has 1 amide bonds. The van der Waals surface area contributed by atoms with Crippen LogP contribution in [0, 0.1) is 0 Å². The zero-order valence-electron chi connectivity index (χ0n) is 16.1. The normalized spacial score (nSPS) is 13.8. The first-order chi connectivity index (χ1) is 13.6. The fraction of sp³-hybridized carbons (Fsp3) is 0.381. The van der Waals surface area contributed by atoms with Crippen molar-refractivity contribution in [1.82, 2.24) is 14.8 Å². The molecule has 1 saturated carbocycles. The molecule has 0 atom stereocenters. The average molecular weight is 397 g/mol. The van der Waals surface area contributed by atoms with Crippen LogP contribution in [0.15, 0.2) is 58.3 Å². The van der Waals surface area contributed by atoms with E-state index in [4.69, 9.17) is 4.42 Å². The summed E-state index contributed by atoms with van der Waals surface area (Å²) in [4.78, 5) is 14.8. The second-order valence-electron chi connectivity index (χ2n) is 7.26. The van der Waals surface area contributed by atoms with Gasteiger partial charge in [0.1, 0.15) is 11.6 Å². The highest BCUT2D eigenvalue weighted by Crippen LogP contribution is 2.40. The number of anilines is 1. The second-order valence-corrected chi connectivity index (χ2v) is 8.20. The summed E-state index contributed by atoms with van der Waals surface area (Å²) >= 11 is 1.44. The lowest BCUT2D eigenvalue weighted by Gasteiger charge is -2.26. The molecule has 0 spiro atoms. The first-order valence-corrected chi connectivity index (χ1v) is 10.6. The van der Waals surface area contributed by atoms with Crippen molar-refractivity contribution in [3.05, 3.63) is 60.3 Å². The van der Waals surface area contributed by atoms with Crippen LogP contribution in [0.1, 0.15) is 44.2 Å². The van der Waals surface area contributed by atoms with Crippen molar-refractivity contribution in [2.45, 2.75) is 50.4 Å². The van der Waals surface area contributed by atoms with Gasteiger partial charge >= 0.3 is 0 Å². The van der Waals surface area contributed by atoms with Crippen molar-refractivity contribution in [3.8, 4) is 0 Å². The number of para-hydroxylation sites is 1. The molecule has 28 heavy (non-hydrogen) atoms. The number of furan rings is 1. The predicted octanol–water partition coefficient (Wildman–Crippen LogP) is 4.33. The summed E-state index contributed by atoms with van der Waals surface area (Å²) in [6.45, 7) is 4.65. The zero-order valence-corrected chi connectivity index (χ0v) is 16.9. The molecule has 1 aliphatic rings. The molecule has 1 aliphatic carbocycles. The molecule has 0 radical (unpaired) electrons. The third-order valence-corrected chi connectivity index (χ3v) is 5.68. The number of hydrogen-bond donors (Lipinski definition) is 0. The third kappa shape index (κ3) is 4.14. The maximum Gasteiger partial charge on any atom is 0.237 e. The molecule has 1 aromatic carbocycles. The number of hydrogen-bond acceptors (Lipinski definition) is 5. The van der Waals surface area contributed by atoms with Crippen LogP contribution in [0.5, 0.6) is 0 Å². The summed E-state index contributed by atoms with van der Waals surface area (Å²) in [5.74, 6) is 2.71. The van der Waals surface area contributed by atoms with Gasteiger partial charge in [-0.05, 0) is 51.0 Å². The highest BCUT2D eigenvalue weighted by Gasteiger charge is 2.31. The minimum Gasteiger partial charge on any atom is -0.467 e. The Hall–Kier alpha value is -2.54. The smallest absolute Gasteiger partial charge is 0.237 e. The predicted molar refractivity (Wildman–Crippen MR) is 110 cm³/mol. The largest absolute Gasteiger partial charge is 0.467 e. The van der Waals surface area contributed by atoms with Gasteiger partial charge in [-0.15, -0.1) is 10.2 Å². The lowest BCUT2D eigenvalue weighted by atomic mass is 10.2. The average Bonchev–Trinajstić information content (AvgIpc) is 3.25. The molecule has 6 nitrogen and oxygen atoms in total. The molecular weight excluding hydrogens is 372 g/mol. The Labute approximate surface area is 168 Å². The van der Waals surface area contributed by atoms with Crippen LogP contribution in [-0.4, -0.2) is 32.5 Å². The van der Waals surface area contributed by atoms with Crippen molar-refractivity contribution in [1.29, 1.82) is 0 Å². The van der Waals surface area contributed by atoms with Gasteiger partial charge < -0.3 is 9.32 Å². The molecule has 2 heterocycles. The van der Waals surface area contributed by atoms with Crippen molar-refractivity contribution in [3.63, 3.8) is 0 Å². The number of amides is 1. The summed E-state index contributed by atoms with van der Waals surface area (Å²) in [6.07, 6.45) is 3.97. The van der Waals surface area contributed by atoms with Gasteiger partial charge in [0.2, 0.25) is 5.91 Å². The minimum atomic E-state index is 0.0618. The first-order valence-electron chi connectivity index (χ1n) is 9.59. The minimum absolute atomic E-state index is 0.0618. The van der Waals surface area contributed by atoms with Gasteiger partial charge in [0.25, 0.3) is 0 Å². The zero-order chi connectivity index (χ0) is 19.5. The SMILES string of the molecule is CC(C)N(C(=O)CSc1nnc(C2CC2)n1Cc1ccco1)c1ccccc1. The Balaban J connectivity index is 1.50. The second kappa shape index (κ2) is 8.22. The summed E-state index contributed by atoms with van der Waals surface area (Å²) in [6, 6.07) is 13.7. The van der Waals surface area contributed by atoms with E-state index in [1.807, 2.05) is 61.2 Å². The van der Waals surface area contributed by atoms with Crippen LogP contribution in [0.4, 0.5) is 5.69 Å². The Bertz CT molecular complexity index is 917. The summed E-state index contributed by atoms with van der Waals surface area (Å²) < 4.78 is 7.60. The molecule has 0 aliphatic heterocycles. The van der Waals surface area contributed by atoms with E-state index in [1.165, 1.54) is 11.8 Å². The molecule has 0 N–H and O–H groups in total. The number of thioether (sulfide) groups is 1. The molecule has 1 fully saturated rings. The lowest BCUT2D eigenvalue weighted by Crippen LogP contribution is -2.38. The van der Waals surface area contributed by atoms with Gasteiger partial charge in [-0.2, -0.15) is 0 Å². The van der Waals surface area contributed by atoms with Crippen LogP contribution < -0.4 is 4.90 Å². The first kappa shape index (κ1) is 18.8. The third-order valence-electron chi connectivity index (χ3n) is 4.73. The Morgan fingerprint density at radius 3 is 2.64 bits per heavy atom. The van der Waals surface area contributed by atoms with Crippen LogP contribution in [0.25, 0.3) is 0 Å². The summed E-state index contributed by atoms with van der Waals surface area (Å²) in [5.41, 5.74) is 0.916. The van der Waals surface area contributed by atoms with E-state index in [1.54, 1.807) is 6.26 Å². The summed E-state index contributed by atoms with van der Waals surface area (Å²) in [7, 11) is 0. The standard InChI is InChI=1S/C21H24N4O2S/c1-15(2)25(17-7-4-3-5-8-17)19(26)14-28-21-23-22-20(16-10-11-16)24(21)13-18-9-6-12-27-18/h3-9,12,15-16H,10-11,13-14H2,1-2H3. The van der Waals surface area contributed by atoms with Crippen molar-refractivity contribution in [2.24, 2.45) is 0 Å². The number of carbonyl (C=O) groups excluding carboxylic acids is 1. The molecule has 3 aromatic rings. The van der Waals surface area contributed by atoms with Gasteiger partial charge in [-0.3, -0.25) is 9.36 Å². The quantitative estimate of drug-likeness (QED) is 0.530. The van der Waals surface area contributed by atoms with Gasteiger partial charge in [0.15, 0.2) is 5.16 Å². The Kier molecular flexibility index (Phi) is 5.52. The van der Waals surface area contributed by atoms with Crippen molar-refractivity contribution >= 4 is 23.4 Å². The fourth-order valence-corrected chi connectivity index (χ4v) is 4.08. The van der Waals surface area contributed by atoms with E-state index >= 15 is 0 Å². The Morgan fingerprint density at radius 1 is 1.21 bits per heavy atom. The van der Waals surface area contributed by atoms with E-state index in [0.29, 0.717) is 18.2 Å². The highest BCUT2D eigenvalue weighted by atomic mass is 32.2. The summed E-state index contributed by atoms with van der Waals surface area (Å²) in [5, 5.41) is 9.54. The van der Waals surface area contributed by atoms with E-state index in [2.05, 4.69) is 14.8 Å². The fourth-order valence-electron chi connectivity index (χ4n) is 3.27. The number of rotatable bonds is 8. The maximum atomic E-state index is 13.0. The van der Waals surface area contributed by atoms with E-state index < -0.39 is 0 Å². The highest BCUT2D eigenvalue weighted by molar-refractivity contribution is 7.99. The number of nitrogens with zero attached hydrogens (tertiary/aromatic N) is 4. The van der Waals surface area contributed by atoms with Crippen LogP contribution >= 0.6 is 11.8 Å². The molecule has 0 bridgehead atoms. The topological polar surface area (TPSA) is 64.2 Å². The molecule has 2 aromatic heterocycles. The van der Waals surface area contributed by atoms with E-state index in [-0.39, 0.29) is 11.9 Å². The molecule has 7 heteroatoms. The molecule has 4 rings (SSSR count). The maximum absolute atomic E-state index is 13.0. The van der Waals surface area contributed by atoms with Crippen molar-refractivity contribution < 1.29 is 9.21 Å². The van der Waals surface area contributed by atoms with Gasteiger partial charge in [-0.25, -0.2) is 0 Å². The van der Waals surface area contributed by atoms with Crippen LogP contribution in [-0.2, 0) is 11.3 Å². The number of carbonyl (C=O) groups is 1. The monoisotopic (exact) mass is 396 g/mol. The van der Waals surface area contributed by atoms with Crippen molar-refractivity contribution in [2.75, 3.05) is 10.7 Å². The number of benzene rings is 1. The molecule has 146 valence electrons. The Morgan fingerprint density at radius 2 is 2.00 bits per heavy atom. The molecular formula is C21H24N4O2S. The number of aromatic nitrogens is 3. The van der Waals surface area contributed by atoms with E-state index in [9.17, 15) is 4.79 Å².